The van der Waals surface area contributed by atoms with E-state index in [2.05, 4.69) is 15.6 Å². The second kappa shape index (κ2) is 12.0. The zero-order chi connectivity index (χ0) is 19.8. The number of guanidine groups is 1. The summed E-state index contributed by atoms with van der Waals surface area (Å²) in [6.45, 7) is 4.04. The molecule has 2 heterocycles. The lowest BCUT2D eigenvalue weighted by Gasteiger charge is -2.19. The maximum absolute atomic E-state index is 14.0. The molecule has 160 valence electrons. The summed E-state index contributed by atoms with van der Waals surface area (Å²) in [5, 5.41) is 6.67. The number of methoxy groups -OCH3 is 1. The highest BCUT2D eigenvalue weighted by molar-refractivity contribution is 14.0. The van der Waals surface area contributed by atoms with Crippen molar-refractivity contribution in [3.63, 3.8) is 0 Å². The first-order valence-electron chi connectivity index (χ1n) is 9.68. The van der Waals surface area contributed by atoms with E-state index in [1.54, 1.807) is 12.3 Å². The van der Waals surface area contributed by atoms with Crippen molar-refractivity contribution in [2.45, 2.75) is 38.3 Å². The minimum atomic E-state index is -0.378. The summed E-state index contributed by atoms with van der Waals surface area (Å²) in [7, 11) is 1.46. The Labute approximate surface area is 188 Å². The minimum absolute atomic E-state index is 0. The Morgan fingerprint density at radius 2 is 2.24 bits per heavy atom. The first-order chi connectivity index (χ1) is 13.7. The minimum Gasteiger partial charge on any atom is -0.494 e. The molecule has 0 aliphatic carbocycles. The average molecular weight is 517 g/mol. The van der Waals surface area contributed by atoms with Gasteiger partial charge in [0.1, 0.15) is 5.76 Å². The summed E-state index contributed by atoms with van der Waals surface area (Å²) in [5.41, 5.74) is 0.816. The van der Waals surface area contributed by atoms with Crippen molar-refractivity contribution in [2.24, 2.45) is 4.99 Å². The molecule has 29 heavy (non-hydrogen) atoms. The Hall–Kier alpha value is -1.81. The molecule has 2 atom stereocenters. The van der Waals surface area contributed by atoms with E-state index >= 15 is 0 Å². The third-order valence-electron chi connectivity index (χ3n) is 4.75. The SMILES string of the molecule is COc1ccc(C(C)NC(=NCC2CCCO2)NCCc2ccco2)cc1F.I. The van der Waals surface area contributed by atoms with E-state index in [4.69, 9.17) is 13.9 Å². The molecule has 1 aromatic carbocycles. The molecular formula is C21H29FIN3O3. The summed E-state index contributed by atoms with van der Waals surface area (Å²) in [5.74, 6) is 1.44. The number of aliphatic imine (C=N–C) groups is 1. The number of rotatable bonds is 8. The van der Waals surface area contributed by atoms with Gasteiger partial charge >= 0.3 is 0 Å². The number of nitrogens with zero attached hydrogens (tertiary/aromatic N) is 1. The Balaban J connectivity index is 0.00000300. The fourth-order valence-corrected chi connectivity index (χ4v) is 3.13. The maximum Gasteiger partial charge on any atom is 0.191 e. The molecule has 0 bridgehead atoms. The summed E-state index contributed by atoms with van der Waals surface area (Å²) >= 11 is 0. The molecule has 1 aromatic heterocycles. The van der Waals surface area contributed by atoms with Crippen LogP contribution < -0.4 is 15.4 Å². The van der Waals surface area contributed by atoms with Crippen LogP contribution in [0.2, 0.25) is 0 Å². The third kappa shape index (κ3) is 7.18. The standard InChI is InChI=1S/C21H28FN3O3.HI/c1-15(16-7-8-20(26-2)19(22)13-16)25-21(24-14-18-6-4-12-28-18)23-10-9-17-5-3-11-27-17;/h3,5,7-8,11,13,15,18H,4,6,9-10,12,14H2,1-2H3,(H2,23,24,25);1H. The van der Waals surface area contributed by atoms with Crippen molar-refractivity contribution >= 4 is 29.9 Å². The maximum atomic E-state index is 14.0. The second-order valence-corrected chi connectivity index (χ2v) is 6.84. The van der Waals surface area contributed by atoms with E-state index in [0.717, 1.165) is 37.2 Å². The average Bonchev–Trinajstić information content (AvgIpc) is 3.40. The molecule has 1 aliphatic rings. The van der Waals surface area contributed by atoms with Gasteiger partial charge < -0.3 is 24.5 Å². The predicted molar refractivity (Wildman–Crippen MR) is 122 cm³/mol. The van der Waals surface area contributed by atoms with Gasteiger partial charge in [0.2, 0.25) is 0 Å². The Morgan fingerprint density at radius 3 is 2.90 bits per heavy atom. The number of halogens is 2. The number of benzene rings is 1. The second-order valence-electron chi connectivity index (χ2n) is 6.84. The molecule has 2 aromatic rings. The number of nitrogens with one attached hydrogen (secondary N) is 2. The van der Waals surface area contributed by atoms with Gasteiger partial charge in [0, 0.05) is 19.6 Å². The van der Waals surface area contributed by atoms with Crippen LogP contribution in [0.25, 0.3) is 0 Å². The van der Waals surface area contributed by atoms with Crippen molar-refractivity contribution < 1.29 is 18.3 Å². The van der Waals surface area contributed by atoms with Crippen LogP contribution in [0.15, 0.2) is 46.0 Å². The lowest BCUT2D eigenvalue weighted by Crippen LogP contribution is -2.40. The lowest BCUT2D eigenvalue weighted by molar-refractivity contribution is 0.117. The molecule has 0 spiro atoms. The van der Waals surface area contributed by atoms with Crippen LogP contribution in [0.4, 0.5) is 4.39 Å². The van der Waals surface area contributed by atoms with Gasteiger partial charge in [0.25, 0.3) is 0 Å². The van der Waals surface area contributed by atoms with Crippen LogP contribution in [-0.2, 0) is 11.2 Å². The number of furan rings is 1. The zero-order valence-corrected chi connectivity index (χ0v) is 19.1. The monoisotopic (exact) mass is 517 g/mol. The van der Waals surface area contributed by atoms with Crippen LogP contribution in [0.5, 0.6) is 5.75 Å². The highest BCUT2D eigenvalue weighted by atomic mass is 127. The molecule has 0 amide bonds. The van der Waals surface area contributed by atoms with Gasteiger partial charge in [-0.3, -0.25) is 4.99 Å². The smallest absolute Gasteiger partial charge is 0.191 e. The van der Waals surface area contributed by atoms with Gasteiger partial charge in [-0.1, -0.05) is 6.07 Å². The Bertz CT molecular complexity index is 765. The van der Waals surface area contributed by atoms with Gasteiger partial charge in [0.15, 0.2) is 17.5 Å². The molecule has 2 unspecified atom stereocenters. The molecule has 1 fully saturated rings. The number of ether oxygens (including phenoxy) is 2. The molecule has 1 aliphatic heterocycles. The fraction of sp³-hybridized carbons (Fsp3) is 0.476. The van der Waals surface area contributed by atoms with Crippen LogP contribution >= 0.6 is 24.0 Å². The van der Waals surface area contributed by atoms with Crippen LogP contribution in [0.3, 0.4) is 0 Å². The zero-order valence-electron chi connectivity index (χ0n) is 16.8. The molecule has 2 N–H and O–H groups in total. The largest absolute Gasteiger partial charge is 0.494 e. The number of hydrogen-bond acceptors (Lipinski definition) is 4. The third-order valence-corrected chi connectivity index (χ3v) is 4.75. The van der Waals surface area contributed by atoms with E-state index in [0.29, 0.717) is 19.0 Å². The predicted octanol–water partition coefficient (Wildman–Crippen LogP) is 4.06. The normalized spacial score (nSPS) is 17.5. The number of hydrogen-bond donors (Lipinski definition) is 2. The van der Waals surface area contributed by atoms with Crippen molar-refractivity contribution in [3.05, 3.63) is 53.7 Å². The molecular weight excluding hydrogens is 488 g/mol. The Kier molecular flexibility index (Phi) is 9.72. The molecule has 8 heteroatoms. The quantitative estimate of drug-likeness (QED) is 0.314. The summed E-state index contributed by atoms with van der Waals surface area (Å²) in [6, 6.07) is 8.66. The highest BCUT2D eigenvalue weighted by Crippen LogP contribution is 2.21. The molecule has 6 nitrogen and oxygen atoms in total. The van der Waals surface area contributed by atoms with Crippen LogP contribution in [-0.4, -0.2) is 38.9 Å². The van der Waals surface area contributed by atoms with E-state index in [1.165, 1.54) is 13.2 Å². The molecule has 0 saturated carbocycles. The Morgan fingerprint density at radius 1 is 1.38 bits per heavy atom. The first kappa shape index (κ1) is 23.5. The van der Waals surface area contributed by atoms with Crippen molar-refractivity contribution in [1.29, 1.82) is 0 Å². The molecule has 0 radical (unpaired) electrons. The summed E-state index contributed by atoms with van der Waals surface area (Å²) in [6.07, 6.45) is 4.69. The van der Waals surface area contributed by atoms with Gasteiger partial charge in [-0.15, -0.1) is 24.0 Å². The van der Waals surface area contributed by atoms with Gasteiger partial charge in [-0.25, -0.2) is 4.39 Å². The molecule has 1 saturated heterocycles. The van der Waals surface area contributed by atoms with Crippen LogP contribution in [0, 0.1) is 5.82 Å². The van der Waals surface area contributed by atoms with Crippen molar-refractivity contribution in [3.8, 4) is 5.75 Å². The van der Waals surface area contributed by atoms with Crippen LogP contribution in [0.1, 0.15) is 37.1 Å². The van der Waals surface area contributed by atoms with Crippen molar-refractivity contribution in [2.75, 3.05) is 26.8 Å². The van der Waals surface area contributed by atoms with E-state index in [9.17, 15) is 4.39 Å². The lowest BCUT2D eigenvalue weighted by atomic mass is 10.1. The van der Waals surface area contributed by atoms with Crippen molar-refractivity contribution in [1.82, 2.24) is 10.6 Å². The topological polar surface area (TPSA) is 68.0 Å². The van der Waals surface area contributed by atoms with E-state index < -0.39 is 0 Å². The van der Waals surface area contributed by atoms with E-state index in [-0.39, 0.29) is 47.7 Å². The first-order valence-corrected chi connectivity index (χ1v) is 9.68. The summed E-state index contributed by atoms with van der Waals surface area (Å²) in [4.78, 5) is 4.67. The highest BCUT2D eigenvalue weighted by Gasteiger charge is 2.16. The summed E-state index contributed by atoms with van der Waals surface area (Å²) < 4.78 is 30.1. The molecule has 3 rings (SSSR count). The van der Waals surface area contributed by atoms with Gasteiger partial charge in [-0.2, -0.15) is 0 Å². The van der Waals surface area contributed by atoms with Gasteiger partial charge in [-0.05, 0) is 49.6 Å². The van der Waals surface area contributed by atoms with E-state index in [1.807, 2.05) is 25.1 Å². The van der Waals surface area contributed by atoms with Gasteiger partial charge in [0.05, 0.1) is 32.1 Å². The fourth-order valence-electron chi connectivity index (χ4n) is 3.13.